The smallest absolute Gasteiger partial charge is 0.0575 e. The molecule has 3 heteroatoms. The first-order valence-electron chi connectivity index (χ1n) is 6.21. The molecule has 1 N–H and O–H groups in total. The minimum atomic E-state index is 0.500. The first kappa shape index (κ1) is 15.9. The van der Waals surface area contributed by atoms with Crippen molar-refractivity contribution in [3.05, 3.63) is 0 Å². The van der Waals surface area contributed by atoms with Crippen LogP contribution in [-0.4, -0.2) is 38.4 Å². The van der Waals surface area contributed by atoms with Crippen molar-refractivity contribution < 1.29 is 4.84 Å². The van der Waals surface area contributed by atoms with Crippen LogP contribution in [-0.2, 0) is 4.84 Å². The molecule has 2 unspecified atom stereocenters. The number of rotatable bonds is 2. The zero-order valence-electron chi connectivity index (χ0n) is 12.1. The van der Waals surface area contributed by atoms with E-state index in [0.717, 1.165) is 19.0 Å². The van der Waals surface area contributed by atoms with Crippen LogP contribution in [0.5, 0.6) is 0 Å². The Bertz CT molecular complexity index is 171. The molecule has 0 aromatic rings. The molecule has 1 aliphatic heterocycles. The topological polar surface area (TPSA) is 24.5 Å². The monoisotopic (exact) mass is 230 g/mol. The molecule has 1 heterocycles. The lowest BCUT2D eigenvalue weighted by Gasteiger charge is -2.32. The van der Waals surface area contributed by atoms with E-state index in [1.165, 1.54) is 6.42 Å². The molecule has 0 radical (unpaired) electrons. The second kappa shape index (κ2) is 7.25. The molecule has 3 nitrogen and oxygen atoms in total. The van der Waals surface area contributed by atoms with Gasteiger partial charge in [-0.25, -0.2) is 0 Å². The second-order valence-electron chi connectivity index (χ2n) is 6.38. The minimum Gasteiger partial charge on any atom is -0.315 e. The predicted octanol–water partition coefficient (Wildman–Crippen LogP) is 2.53. The van der Waals surface area contributed by atoms with E-state index in [4.69, 9.17) is 4.84 Å². The van der Waals surface area contributed by atoms with E-state index in [0.29, 0.717) is 11.5 Å². The SMILES string of the molecule is CC(C)(C)C.CON(C)C1CNCC(C)C1. The maximum absolute atomic E-state index is 5.13. The van der Waals surface area contributed by atoms with E-state index in [2.05, 4.69) is 39.9 Å². The third kappa shape index (κ3) is 9.13. The molecular formula is C13H30N2O. The molecule has 0 amide bonds. The summed E-state index contributed by atoms with van der Waals surface area (Å²) in [6.07, 6.45) is 1.23. The zero-order valence-corrected chi connectivity index (χ0v) is 12.1. The molecule has 1 saturated heterocycles. The molecule has 0 bridgehead atoms. The Balaban J connectivity index is 0.000000385. The molecule has 1 rings (SSSR count). The van der Waals surface area contributed by atoms with Gasteiger partial charge in [0.1, 0.15) is 0 Å². The fourth-order valence-electron chi connectivity index (χ4n) is 1.55. The fourth-order valence-corrected chi connectivity index (χ4v) is 1.55. The van der Waals surface area contributed by atoms with Gasteiger partial charge in [-0.2, -0.15) is 5.06 Å². The van der Waals surface area contributed by atoms with E-state index >= 15 is 0 Å². The van der Waals surface area contributed by atoms with Crippen LogP contribution in [0.1, 0.15) is 41.0 Å². The van der Waals surface area contributed by atoms with E-state index in [1.807, 2.05) is 12.1 Å². The Morgan fingerprint density at radius 3 is 2.06 bits per heavy atom. The van der Waals surface area contributed by atoms with Crippen LogP contribution in [0.15, 0.2) is 0 Å². The van der Waals surface area contributed by atoms with Crippen LogP contribution in [0.25, 0.3) is 0 Å². The summed E-state index contributed by atoms with van der Waals surface area (Å²) in [6, 6.07) is 0.545. The summed E-state index contributed by atoms with van der Waals surface area (Å²) in [5.41, 5.74) is 0.500. The van der Waals surface area contributed by atoms with Gasteiger partial charge in [-0.05, 0) is 24.3 Å². The van der Waals surface area contributed by atoms with Crippen molar-refractivity contribution in [2.24, 2.45) is 11.3 Å². The molecule has 1 aliphatic rings. The standard InChI is InChI=1S/C8H18N2O.C5H12/c1-7-4-8(6-9-5-7)10(2)11-3;1-5(2,3)4/h7-9H,4-6H2,1-3H3;1-4H3. The van der Waals surface area contributed by atoms with Gasteiger partial charge in [0.2, 0.25) is 0 Å². The highest BCUT2D eigenvalue weighted by Gasteiger charge is 2.21. The molecule has 1 fully saturated rings. The molecule has 0 aliphatic carbocycles. The molecule has 0 aromatic carbocycles. The van der Waals surface area contributed by atoms with E-state index in [9.17, 15) is 0 Å². The average Bonchev–Trinajstić information content (AvgIpc) is 2.14. The highest BCUT2D eigenvalue weighted by molar-refractivity contribution is 4.77. The highest BCUT2D eigenvalue weighted by Crippen LogP contribution is 2.13. The quantitative estimate of drug-likeness (QED) is 0.738. The van der Waals surface area contributed by atoms with Crippen LogP contribution in [0.3, 0.4) is 0 Å². The van der Waals surface area contributed by atoms with Gasteiger partial charge in [0.05, 0.1) is 7.11 Å². The van der Waals surface area contributed by atoms with Crippen molar-refractivity contribution in [2.75, 3.05) is 27.2 Å². The Kier molecular flexibility index (Phi) is 7.20. The van der Waals surface area contributed by atoms with Crippen LogP contribution in [0.2, 0.25) is 0 Å². The van der Waals surface area contributed by atoms with Crippen LogP contribution >= 0.6 is 0 Å². The molecule has 16 heavy (non-hydrogen) atoms. The zero-order chi connectivity index (χ0) is 12.8. The van der Waals surface area contributed by atoms with Gasteiger partial charge in [-0.15, -0.1) is 0 Å². The van der Waals surface area contributed by atoms with Crippen molar-refractivity contribution in [1.29, 1.82) is 0 Å². The van der Waals surface area contributed by atoms with Gasteiger partial charge < -0.3 is 10.2 Å². The molecule has 0 spiro atoms. The maximum atomic E-state index is 5.13. The predicted molar refractivity (Wildman–Crippen MR) is 70.3 cm³/mol. The number of hydroxylamine groups is 2. The normalized spacial score (nSPS) is 26.2. The molecule has 2 atom stereocenters. The maximum Gasteiger partial charge on any atom is 0.0575 e. The number of hydrogen-bond donors (Lipinski definition) is 1. The summed E-state index contributed by atoms with van der Waals surface area (Å²) >= 11 is 0. The third-order valence-electron chi connectivity index (χ3n) is 2.35. The van der Waals surface area contributed by atoms with E-state index < -0.39 is 0 Å². The summed E-state index contributed by atoms with van der Waals surface area (Å²) in [4.78, 5) is 5.13. The van der Waals surface area contributed by atoms with Crippen molar-refractivity contribution >= 4 is 0 Å². The highest BCUT2D eigenvalue weighted by atomic mass is 16.7. The molecular weight excluding hydrogens is 200 g/mol. The van der Waals surface area contributed by atoms with Gasteiger partial charge in [0.15, 0.2) is 0 Å². The first-order chi connectivity index (χ1) is 7.24. The van der Waals surface area contributed by atoms with Crippen LogP contribution < -0.4 is 5.32 Å². The fraction of sp³-hybridized carbons (Fsp3) is 1.00. The second-order valence-corrected chi connectivity index (χ2v) is 6.38. The molecule has 0 saturated carbocycles. The van der Waals surface area contributed by atoms with Crippen LogP contribution in [0.4, 0.5) is 0 Å². The van der Waals surface area contributed by atoms with Crippen molar-refractivity contribution in [2.45, 2.75) is 47.1 Å². The van der Waals surface area contributed by atoms with E-state index in [-0.39, 0.29) is 0 Å². The summed E-state index contributed by atoms with van der Waals surface area (Å²) in [5.74, 6) is 0.770. The van der Waals surface area contributed by atoms with Gasteiger partial charge in [-0.3, -0.25) is 0 Å². The van der Waals surface area contributed by atoms with Gasteiger partial charge >= 0.3 is 0 Å². The van der Waals surface area contributed by atoms with Crippen molar-refractivity contribution in [3.63, 3.8) is 0 Å². The molecule has 0 aromatic heterocycles. The number of nitrogens with zero attached hydrogens (tertiary/aromatic N) is 1. The van der Waals surface area contributed by atoms with E-state index in [1.54, 1.807) is 7.11 Å². The number of piperidine rings is 1. The average molecular weight is 230 g/mol. The summed E-state index contributed by atoms with van der Waals surface area (Å²) in [5, 5.41) is 5.31. The van der Waals surface area contributed by atoms with Crippen molar-refractivity contribution in [1.82, 2.24) is 10.4 Å². The number of hydrogen-bond acceptors (Lipinski definition) is 3. The molecule has 98 valence electrons. The van der Waals surface area contributed by atoms with Crippen molar-refractivity contribution in [3.8, 4) is 0 Å². The first-order valence-corrected chi connectivity index (χ1v) is 6.21. The number of likely N-dealkylation sites (N-methyl/N-ethyl adjacent to an activating group) is 1. The third-order valence-corrected chi connectivity index (χ3v) is 2.35. The lowest BCUT2D eigenvalue weighted by Crippen LogP contribution is -2.46. The largest absolute Gasteiger partial charge is 0.315 e. The lowest BCUT2D eigenvalue weighted by molar-refractivity contribution is -0.147. The lowest BCUT2D eigenvalue weighted by atomic mass is 9.98. The summed E-state index contributed by atoms with van der Waals surface area (Å²) in [6.45, 7) is 13.2. The Morgan fingerprint density at radius 1 is 1.19 bits per heavy atom. The summed E-state index contributed by atoms with van der Waals surface area (Å²) < 4.78 is 0. The Morgan fingerprint density at radius 2 is 1.69 bits per heavy atom. The summed E-state index contributed by atoms with van der Waals surface area (Å²) in [7, 11) is 3.71. The Hall–Kier alpha value is -0.120. The van der Waals surface area contributed by atoms with Crippen LogP contribution in [0, 0.1) is 11.3 Å². The Labute approximate surface area is 101 Å². The van der Waals surface area contributed by atoms with Gasteiger partial charge in [0, 0.05) is 19.6 Å². The van der Waals surface area contributed by atoms with Gasteiger partial charge in [-0.1, -0.05) is 34.6 Å². The minimum absolute atomic E-state index is 0.500. The number of nitrogens with one attached hydrogen (secondary N) is 1. The van der Waals surface area contributed by atoms with Gasteiger partial charge in [0.25, 0.3) is 0 Å².